The van der Waals surface area contributed by atoms with Crippen molar-refractivity contribution in [3.8, 4) is 0 Å². The Morgan fingerprint density at radius 3 is 2.32 bits per heavy atom. The van der Waals surface area contributed by atoms with E-state index in [1.807, 2.05) is 27.7 Å². The molecule has 0 aromatic rings. The molecule has 4 heterocycles. The molecule has 0 radical (unpaired) electrons. The van der Waals surface area contributed by atoms with Crippen molar-refractivity contribution in [1.29, 1.82) is 0 Å². The van der Waals surface area contributed by atoms with E-state index < -0.39 is 72.2 Å². The molecule has 44 heavy (non-hydrogen) atoms. The smallest absolute Gasteiger partial charge is 0.326 e. The van der Waals surface area contributed by atoms with Crippen molar-refractivity contribution in [3.05, 3.63) is 0 Å². The summed E-state index contributed by atoms with van der Waals surface area (Å²) in [6.07, 6.45) is 0.558. The Balaban J connectivity index is 1.34. The predicted octanol–water partition coefficient (Wildman–Crippen LogP) is 2.48. The topological polar surface area (TPSA) is 196 Å². The zero-order valence-corrected chi connectivity index (χ0v) is 26.0. The van der Waals surface area contributed by atoms with Crippen molar-refractivity contribution in [3.63, 3.8) is 0 Å². The highest BCUT2D eigenvalue weighted by atomic mass is 17.3. The van der Waals surface area contributed by atoms with Gasteiger partial charge in [0.15, 0.2) is 11.9 Å². The van der Waals surface area contributed by atoms with Gasteiger partial charge in [0, 0.05) is 31.1 Å². The number of aliphatic carboxylic acids is 2. The van der Waals surface area contributed by atoms with Crippen LogP contribution in [0.1, 0.15) is 92.4 Å². The molecular formula is C30H46N2O12. The second kappa shape index (κ2) is 13.7. The zero-order chi connectivity index (χ0) is 32.4. The fraction of sp³-hybridized carbons (Fsp3) is 0.833. The molecule has 1 aliphatic carbocycles. The Bertz CT molecular complexity index is 1120. The Morgan fingerprint density at radius 2 is 1.66 bits per heavy atom. The Labute approximate surface area is 256 Å². The van der Waals surface area contributed by atoms with Crippen LogP contribution < -0.4 is 10.6 Å². The molecule has 5 rings (SSSR count). The maximum Gasteiger partial charge on any atom is 0.326 e. The fourth-order valence-electron chi connectivity index (χ4n) is 7.18. The quantitative estimate of drug-likeness (QED) is 0.172. The van der Waals surface area contributed by atoms with E-state index in [0.717, 1.165) is 19.3 Å². The zero-order valence-electron chi connectivity index (χ0n) is 26.0. The lowest BCUT2D eigenvalue weighted by Crippen LogP contribution is -2.70. The van der Waals surface area contributed by atoms with Gasteiger partial charge in [-0.3, -0.25) is 19.2 Å². The Hall–Kier alpha value is -2.81. The first-order valence-corrected chi connectivity index (χ1v) is 15.6. The van der Waals surface area contributed by atoms with E-state index >= 15 is 0 Å². The molecule has 4 saturated heterocycles. The highest BCUT2D eigenvalue weighted by molar-refractivity contribution is 5.91. The number of hydrogen-bond acceptors (Lipinski definition) is 10. The minimum Gasteiger partial charge on any atom is -0.481 e. The van der Waals surface area contributed by atoms with E-state index in [9.17, 15) is 29.1 Å². The van der Waals surface area contributed by atoms with Crippen molar-refractivity contribution >= 4 is 29.7 Å². The van der Waals surface area contributed by atoms with E-state index in [0.29, 0.717) is 12.3 Å². The molecule has 5 aliphatic rings. The number of amides is 2. The maximum absolute atomic E-state index is 12.9. The molecule has 0 aromatic heterocycles. The number of rotatable bonds is 13. The summed E-state index contributed by atoms with van der Waals surface area (Å²) in [5.41, 5.74) is -0.796. The SMILES string of the molecule is CC(C)C[C@H](NC(=O)CCC(=O)O[C@@H]1O[C@H]2O[C@@]3(C)CC[C@H]4[C@H](C)CC[C@H]([C@H]1C)[C@@]24OO3)C(=O)N[C@@H](CCC(=O)O)C(=O)O. The van der Waals surface area contributed by atoms with E-state index in [4.69, 9.17) is 29.1 Å². The van der Waals surface area contributed by atoms with Crippen LogP contribution in [0.2, 0.25) is 0 Å². The summed E-state index contributed by atoms with van der Waals surface area (Å²) in [5, 5.41) is 23.1. The maximum atomic E-state index is 12.9. The van der Waals surface area contributed by atoms with Crippen molar-refractivity contribution < 1.29 is 58.2 Å². The number of esters is 1. The number of nitrogens with one attached hydrogen (secondary N) is 2. The van der Waals surface area contributed by atoms with Crippen LogP contribution in [0.4, 0.5) is 0 Å². The van der Waals surface area contributed by atoms with Crippen molar-refractivity contribution in [2.75, 3.05) is 0 Å². The van der Waals surface area contributed by atoms with Crippen LogP contribution in [-0.4, -0.2) is 76.0 Å². The number of carbonyl (C=O) groups excluding carboxylic acids is 3. The third-order valence-corrected chi connectivity index (χ3v) is 9.52. The minimum absolute atomic E-state index is 0.0352. The lowest BCUT2D eigenvalue weighted by atomic mass is 9.58. The molecule has 2 amide bonds. The second-order valence-corrected chi connectivity index (χ2v) is 13.3. The first kappa shape index (κ1) is 34.1. The normalized spacial score (nSPS) is 35.5. The van der Waals surface area contributed by atoms with Crippen LogP contribution in [-0.2, 0) is 48.0 Å². The molecule has 10 atom stereocenters. The Morgan fingerprint density at radius 1 is 0.932 bits per heavy atom. The van der Waals surface area contributed by atoms with E-state index in [1.54, 1.807) is 0 Å². The standard InChI is InChI=1S/C30H46N2O12/c1-15(2)14-21(25(37)32-20(26(38)39)8-10-23(34)35)31-22(33)9-11-24(36)40-27-17(4)19-7-6-16(3)18-12-13-29(5)42-28(41-27)30(18,19)44-43-29/h15-21,27-28H,6-14H2,1-5H3,(H,31,33)(H,32,37)(H,34,35)(H,38,39)/t16-,17-,18+,19-,20+,21+,27-,28+,29-,30-/m1/s1. The molecule has 4 aliphatic heterocycles. The van der Waals surface area contributed by atoms with E-state index in [1.165, 1.54) is 0 Å². The highest BCUT2D eigenvalue weighted by Crippen LogP contribution is 2.60. The number of carboxylic acids is 2. The first-order chi connectivity index (χ1) is 20.6. The van der Waals surface area contributed by atoms with Crippen LogP contribution >= 0.6 is 0 Å². The molecule has 14 nitrogen and oxygen atoms in total. The third kappa shape index (κ3) is 7.35. The molecular weight excluding hydrogens is 580 g/mol. The van der Waals surface area contributed by atoms with Gasteiger partial charge in [0.1, 0.15) is 12.1 Å². The summed E-state index contributed by atoms with van der Waals surface area (Å²) >= 11 is 0. The van der Waals surface area contributed by atoms with Crippen LogP contribution in [0.25, 0.3) is 0 Å². The van der Waals surface area contributed by atoms with Gasteiger partial charge in [-0.05, 0) is 56.8 Å². The molecule has 248 valence electrons. The van der Waals surface area contributed by atoms with E-state index in [2.05, 4.69) is 17.6 Å². The van der Waals surface area contributed by atoms with Gasteiger partial charge in [0.25, 0.3) is 0 Å². The van der Waals surface area contributed by atoms with E-state index in [-0.39, 0.29) is 49.4 Å². The number of hydrogen-bond donors (Lipinski definition) is 4. The number of carboxylic acid groups (broad SMARTS) is 2. The highest BCUT2D eigenvalue weighted by Gasteiger charge is 2.69. The summed E-state index contributed by atoms with van der Waals surface area (Å²) in [6, 6.07) is -2.50. The van der Waals surface area contributed by atoms with Crippen molar-refractivity contribution in [1.82, 2.24) is 10.6 Å². The average Bonchev–Trinajstić information content (AvgIpc) is 3.17. The van der Waals surface area contributed by atoms with Gasteiger partial charge in [0.05, 0.1) is 6.42 Å². The third-order valence-electron chi connectivity index (χ3n) is 9.52. The predicted molar refractivity (Wildman–Crippen MR) is 150 cm³/mol. The average molecular weight is 627 g/mol. The van der Waals surface area contributed by atoms with Gasteiger partial charge in [-0.2, -0.15) is 0 Å². The van der Waals surface area contributed by atoms with Gasteiger partial charge >= 0.3 is 17.9 Å². The largest absolute Gasteiger partial charge is 0.481 e. The molecule has 0 unspecified atom stereocenters. The molecule has 1 saturated carbocycles. The minimum atomic E-state index is -1.42. The second-order valence-electron chi connectivity index (χ2n) is 13.3. The lowest BCUT2D eigenvalue weighted by molar-refractivity contribution is -0.576. The number of ether oxygens (including phenoxy) is 3. The summed E-state index contributed by atoms with van der Waals surface area (Å²) in [5.74, 6) is -5.28. The molecule has 1 spiro atoms. The summed E-state index contributed by atoms with van der Waals surface area (Å²) in [4.78, 5) is 72.8. The van der Waals surface area contributed by atoms with Crippen molar-refractivity contribution in [2.45, 2.75) is 128 Å². The number of carbonyl (C=O) groups is 5. The molecule has 5 fully saturated rings. The molecule has 0 aromatic carbocycles. The number of fused-ring (bicyclic) bond motifs is 2. The summed E-state index contributed by atoms with van der Waals surface area (Å²) in [6.45, 7) is 9.62. The molecule has 4 N–H and O–H groups in total. The molecule has 14 heteroatoms. The monoisotopic (exact) mass is 626 g/mol. The van der Waals surface area contributed by atoms with Gasteiger partial charge in [-0.15, -0.1) is 0 Å². The van der Waals surface area contributed by atoms with Crippen LogP contribution in [0.5, 0.6) is 0 Å². The van der Waals surface area contributed by atoms with Gasteiger partial charge in [0.2, 0.25) is 23.9 Å². The summed E-state index contributed by atoms with van der Waals surface area (Å²) < 4.78 is 18.3. The van der Waals surface area contributed by atoms with Gasteiger partial charge < -0.3 is 35.1 Å². The van der Waals surface area contributed by atoms with Gasteiger partial charge in [-0.25, -0.2) is 14.6 Å². The van der Waals surface area contributed by atoms with Crippen molar-refractivity contribution in [2.24, 2.45) is 29.6 Å². The first-order valence-electron chi connectivity index (χ1n) is 15.6. The van der Waals surface area contributed by atoms with Crippen LogP contribution in [0, 0.1) is 29.6 Å². The van der Waals surface area contributed by atoms with Crippen LogP contribution in [0.15, 0.2) is 0 Å². The lowest BCUT2D eigenvalue weighted by Gasteiger charge is -2.59. The van der Waals surface area contributed by atoms with Crippen LogP contribution in [0.3, 0.4) is 0 Å². The summed E-state index contributed by atoms with van der Waals surface area (Å²) in [7, 11) is 0. The fourth-order valence-corrected chi connectivity index (χ4v) is 7.18. The van der Waals surface area contributed by atoms with Gasteiger partial charge in [-0.1, -0.05) is 27.7 Å². The Kier molecular flexibility index (Phi) is 10.6. The molecule has 2 bridgehead atoms.